The molecule has 0 heterocycles. The van der Waals surface area contributed by atoms with E-state index in [2.05, 4.69) is 20.0 Å². The molecule has 0 saturated carbocycles. The van der Waals surface area contributed by atoms with Gasteiger partial charge in [0.1, 0.15) is 0 Å². The number of nitrogens with zero attached hydrogens (tertiary/aromatic N) is 4. The molecule has 0 spiro atoms. The largest absolute Gasteiger partial charge is 0.240 e. The number of rotatable bonds is 4. The number of aliphatic imine (C=N–C) groups is 4. The highest BCUT2D eigenvalue weighted by atomic mass is 16.1. The summed E-state index contributed by atoms with van der Waals surface area (Å²) in [4.78, 5) is 53.7. The lowest BCUT2D eigenvalue weighted by molar-refractivity contribution is 0.564. The maximum atomic E-state index is 10.00. The molecule has 0 fully saturated rings. The average Bonchev–Trinajstić information content (AvgIpc) is 2.62. The Bertz CT molecular complexity index is 954. The Morgan fingerprint density at radius 1 is 0.654 bits per heavy atom. The molecule has 26 heavy (non-hydrogen) atoms. The maximum Gasteiger partial charge on any atom is 0.240 e. The van der Waals surface area contributed by atoms with Gasteiger partial charge in [-0.2, -0.15) is 20.0 Å². The van der Waals surface area contributed by atoms with Gasteiger partial charge in [0.05, 0.1) is 22.7 Å². The quantitative estimate of drug-likeness (QED) is 0.615. The molecule has 2 aromatic carbocycles. The van der Waals surface area contributed by atoms with Gasteiger partial charge in [-0.15, -0.1) is 0 Å². The van der Waals surface area contributed by atoms with Gasteiger partial charge in [-0.25, -0.2) is 19.2 Å². The van der Waals surface area contributed by atoms with E-state index >= 15 is 0 Å². The molecule has 0 bridgehead atoms. The van der Waals surface area contributed by atoms with E-state index in [0.717, 1.165) is 5.56 Å². The van der Waals surface area contributed by atoms with Crippen molar-refractivity contribution in [3.05, 3.63) is 47.5 Å². The smallest absolute Gasteiger partial charge is 0.211 e. The molecule has 0 atom stereocenters. The molecule has 0 aliphatic rings. The molecule has 0 unspecified atom stereocenters. The van der Waals surface area contributed by atoms with Crippen LogP contribution in [0.5, 0.6) is 0 Å². The van der Waals surface area contributed by atoms with Gasteiger partial charge in [-0.05, 0) is 49.7 Å². The summed E-state index contributed by atoms with van der Waals surface area (Å²) in [6, 6.07) is 9.75. The molecular formula is C18H12N4O4. The highest BCUT2D eigenvalue weighted by Gasteiger charge is 2.00. The van der Waals surface area contributed by atoms with Crippen molar-refractivity contribution in [3.63, 3.8) is 0 Å². The van der Waals surface area contributed by atoms with Crippen molar-refractivity contribution in [2.45, 2.75) is 13.8 Å². The first-order valence-electron chi connectivity index (χ1n) is 7.09. The summed E-state index contributed by atoms with van der Waals surface area (Å²) in [6.07, 6.45) is 5.73. The van der Waals surface area contributed by atoms with Crippen LogP contribution in [0.4, 0.5) is 22.7 Å². The Labute approximate surface area is 148 Å². The third-order valence-electron chi connectivity index (χ3n) is 3.13. The zero-order chi connectivity index (χ0) is 19.4. The van der Waals surface area contributed by atoms with Crippen molar-refractivity contribution in [2.75, 3.05) is 0 Å². The number of hydrogen-bond acceptors (Lipinski definition) is 8. The van der Waals surface area contributed by atoms with Gasteiger partial charge in [0.15, 0.2) is 0 Å². The summed E-state index contributed by atoms with van der Waals surface area (Å²) in [5.74, 6) is 0. The zero-order valence-electron chi connectivity index (χ0n) is 13.9. The van der Waals surface area contributed by atoms with E-state index in [1.54, 1.807) is 50.2 Å². The third-order valence-corrected chi connectivity index (χ3v) is 3.13. The zero-order valence-corrected chi connectivity index (χ0v) is 13.9. The van der Waals surface area contributed by atoms with Crippen LogP contribution in [0.3, 0.4) is 0 Å². The monoisotopic (exact) mass is 348 g/mol. The number of isocyanates is 4. The number of benzene rings is 2. The van der Waals surface area contributed by atoms with Gasteiger partial charge >= 0.3 is 0 Å². The minimum atomic E-state index is 0.464. The molecule has 0 aromatic heterocycles. The van der Waals surface area contributed by atoms with Gasteiger partial charge in [-0.1, -0.05) is 6.07 Å². The van der Waals surface area contributed by atoms with Gasteiger partial charge in [0, 0.05) is 5.56 Å². The minimum absolute atomic E-state index is 0.464. The topological polar surface area (TPSA) is 118 Å². The molecule has 2 aromatic rings. The second-order valence-electron chi connectivity index (χ2n) is 4.70. The van der Waals surface area contributed by atoms with E-state index in [-0.39, 0.29) is 0 Å². The lowest BCUT2D eigenvalue weighted by Gasteiger charge is -1.99. The second kappa shape index (κ2) is 10.7. The Balaban J connectivity index is 0.000000260. The van der Waals surface area contributed by atoms with Crippen LogP contribution in [-0.2, 0) is 19.2 Å². The predicted octanol–water partition coefficient (Wildman–Crippen LogP) is 3.86. The lowest BCUT2D eigenvalue weighted by atomic mass is 10.1. The lowest BCUT2D eigenvalue weighted by Crippen LogP contribution is -1.75. The molecule has 0 radical (unpaired) electrons. The van der Waals surface area contributed by atoms with E-state index < -0.39 is 0 Å². The first-order chi connectivity index (χ1) is 12.6. The highest BCUT2D eigenvalue weighted by Crippen LogP contribution is 2.27. The van der Waals surface area contributed by atoms with Gasteiger partial charge in [0.25, 0.3) is 0 Å². The molecule has 8 heteroatoms. The molecule has 8 nitrogen and oxygen atoms in total. The van der Waals surface area contributed by atoms with Crippen LogP contribution in [0.15, 0.2) is 56.4 Å². The summed E-state index contributed by atoms with van der Waals surface area (Å²) in [5.41, 5.74) is 3.38. The molecule has 0 saturated heterocycles. The fraction of sp³-hybridized carbons (Fsp3) is 0.111. The Morgan fingerprint density at radius 3 is 1.62 bits per heavy atom. The van der Waals surface area contributed by atoms with Crippen LogP contribution >= 0.6 is 0 Å². The first kappa shape index (κ1) is 20.0. The summed E-state index contributed by atoms with van der Waals surface area (Å²) in [5, 5.41) is 0. The van der Waals surface area contributed by atoms with Crippen LogP contribution in [0, 0.1) is 13.8 Å². The van der Waals surface area contributed by atoms with Crippen LogP contribution in [0.25, 0.3) is 0 Å². The van der Waals surface area contributed by atoms with Crippen LogP contribution in [-0.4, -0.2) is 24.3 Å². The van der Waals surface area contributed by atoms with E-state index in [1.165, 1.54) is 24.3 Å². The number of carbonyl (C=O) groups excluding carboxylic acids is 4. The number of aryl methyl sites for hydroxylation is 1. The van der Waals surface area contributed by atoms with E-state index in [0.29, 0.717) is 28.3 Å². The van der Waals surface area contributed by atoms with Gasteiger partial charge in [0.2, 0.25) is 24.3 Å². The Kier molecular flexibility index (Phi) is 8.22. The summed E-state index contributed by atoms with van der Waals surface area (Å²) in [6.45, 7) is 3.48. The molecule has 2 rings (SSSR count). The van der Waals surface area contributed by atoms with E-state index in [1.807, 2.05) is 0 Å². The minimum Gasteiger partial charge on any atom is -0.211 e. The molecular weight excluding hydrogens is 336 g/mol. The van der Waals surface area contributed by atoms with Crippen molar-refractivity contribution in [2.24, 2.45) is 20.0 Å². The van der Waals surface area contributed by atoms with Crippen molar-refractivity contribution >= 4 is 47.1 Å². The molecule has 0 aliphatic heterocycles. The normalized spacial score (nSPS) is 8.38. The van der Waals surface area contributed by atoms with Crippen LogP contribution in [0.1, 0.15) is 11.1 Å². The fourth-order valence-corrected chi connectivity index (χ4v) is 1.89. The van der Waals surface area contributed by atoms with Gasteiger partial charge in [-0.3, -0.25) is 0 Å². The van der Waals surface area contributed by atoms with Gasteiger partial charge < -0.3 is 0 Å². The Hall–Kier alpha value is -4.04. The third kappa shape index (κ3) is 5.87. The Morgan fingerprint density at radius 2 is 1.15 bits per heavy atom. The van der Waals surface area contributed by atoms with Crippen LogP contribution < -0.4 is 0 Å². The van der Waals surface area contributed by atoms with Crippen LogP contribution in [0.2, 0.25) is 0 Å². The molecule has 0 N–H and O–H groups in total. The molecule has 0 amide bonds. The average molecular weight is 348 g/mol. The summed E-state index contributed by atoms with van der Waals surface area (Å²) < 4.78 is 0. The predicted molar refractivity (Wildman–Crippen MR) is 93.5 cm³/mol. The summed E-state index contributed by atoms with van der Waals surface area (Å²) in [7, 11) is 0. The molecule has 128 valence electrons. The fourth-order valence-electron chi connectivity index (χ4n) is 1.89. The van der Waals surface area contributed by atoms with E-state index in [4.69, 9.17) is 0 Å². The maximum absolute atomic E-state index is 10.00. The van der Waals surface area contributed by atoms with E-state index in [9.17, 15) is 19.2 Å². The van der Waals surface area contributed by atoms with Crippen molar-refractivity contribution in [3.8, 4) is 0 Å². The summed E-state index contributed by atoms with van der Waals surface area (Å²) >= 11 is 0. The van der Waals surface area contributed by atoms with Crippen molar-refractivity contribution < 1.29 is 19.2 Å². The van der Waals surface area contributed by atoms with Crippen molar-refractivity contribution in [1.82, 2.24) is 0 Å². The highest BCUT2D eigenvalue weighted by molar-refractivity contribution is 5.65. The number of hydrogen-bond donors (Lipinski definition) is 0. The molecule has 0 aliphatic carbocycles. The second-order valence-corrected chi connectivity index (χ2v) is 4.70. The first-order valence-corrected chi connectivity index (χ1v) is 7.09. The standard InChI is InChI=1S/2C9H6N2O2/c1-7-4-8(10-5-12)2-3-9(7)11-6-13;1-7-8(10-5-12)3-2-4-9(7)11-6-13/h2*2-4H,1H3. The van der Waals surface area contributed by atoms with Crippen molar-refractivity contribution in [1.29, 1.82) is 0 Å². The SMILES string of the molecule is Cc1c(N=C=O)cccc1N=C=O.Cc1cc(N=C=O)ccc1N=C=O.